The summed E-state index contributed by atoms with van der Waals surface area (Å²) in [4.78, 5) is 4.24. The summed E-state index contributed by atoms with van der Waals surface area (Å²) >= 11 is 7.12. The number of fused-ring (bicyclic) bond motifs is 1. The van der Waals surface area contributed by atoms with Crippen LogP contribution in [0.15, 0.2) is 36.4 Å². The molecule has 2 nitrogen and oxygen atoms in total. The molecule has 0 unspecified atom stereocenters. The highest BCUT2D eigenvalue weighted by Crippen LogP contribution is 2.37. The quantitative estimate of drug-likeness (QED) is 0.622. The summed E-state index contributed by atoms with van der Waals surface area (Å²) in [6.07, 6.45) is -4.38. The Balaban J connectivity index is 2.13. The van der Waals surface area contributed by atoms with Gasteiger partial charge in [-0.05, 0) is 36.4 Å². The molecule has 0 saturated heterocycles. The summed E-state index contributed by atoms with van der Waals surface area (Å²) in [6, 6.07) is 8.48. The van der Waals surface area contributed by atoms with Crippen LogP contribution in [0.3, 0.4) is 0 Å². The number of anilines is 1. The minimum absolute atomic E-state index is 0.305. The normalized spacial score (nSPS) is 12.0. The molecule has 0 amide bonds. The van der Waals surface area contributed by atoms with Crippen molar-refractivity contribution in [2.45, 2.75) is 6.18 Å². The maximum absolute atomic E-state index is 12.7. The fourth-order valence-corrected chi connectivity index (χ4v) is 3.12. The van der Waals surface area contributed by atoms with E-state index in [2.05, 4.69) is 4.98 Å². The van der Waals surface area contributed by atoms with E-state index in [1.165, 1.54) is 17.4 Å². The van der Waals surface area contributed by atoms with E-state index in [9.17, 15) is 13.2 Å². The molecule has 3 aromatic rings. The average Bonchev–Trinajstić information content (AvgIpc) is 2.79. The van der Waals surface area contributed by atoms with Crippen molar-refractivity contribution in [3.05, 3.63) is 47.0 Å². The van der Waals surface area contributed by atoms with E-state index in [1.54, 1.807) is 18.2 Å². The maximum atomic E-state index is 12.7. The van der Waals surface area contributed by atoms with Crippen molar-refractivity contribution < 1.29 is 13.2 Å². The largest absolute Gasteiger partial charge is 0.416 e. The first-order chi connectivity index (χ1) is 9.84. The van der Waals surface area contributed by atoms with Gasteiger partial charge in [-0.3, -0.25) is 0 Å². The van der Waals surface area contributed by atoms with Gasteiger partial charge in [-0.2, -0.15) is 13.2 Å². The first-order valence-electron chi connectivity index (χ1n) is 5.88. The molecule has 0 spiro atoms. The van der Waals surface area contributed by atoms with Crippen molar-refractivity contribution in [1.82, 2.24) is 4.98 Å². The molecule has 7 heteroatoms. The Labute approximate surface area is 127 Å². The van der Waals surface area contributed by atoms with Crippen LogP contribution in [0.4, 0.5) is 18.9 Å². The molecule has 1 heterocycles. The van der Waals surface area contributed by atoms with Crippen molar-refractivity contribution >= 4 is 38.8 Å². The predicted molar refractivity (Wildman–Crippen MR) is 79.5 cm³/mol. The number of benzene rings is 2. The van der Waals surface area contributed by atoms with Crippen LogP contribution in [-0.2, 0) is 6.18 Å². The van der Waals surface area contributed by atoms with E-state index < -0.39 is 11.7 Å². The second kappa shape index (κ2) is 4.89. The monoisotopic (exact) mass is 328 g/mol. The van der Waals surface area contributed by atoms with E-state index in [-0.39, 0.29) is 0 Å². The summed E-state index contributed by atoms with van der Waals surface area (Å²) in [6.45, 7) is 0. The van der Waals surface area contributed by atoms with Crippen molar-refractivity contribution in [3.8, 4) is 10.6 Å². The lowest BCUT2D eigenvalue weighted by atomic mass is 10.2. The third-order valence-corrected chi connectivity index (χ3v) is 4.26. The Kier molecular flexibility index (Phi) is 3.30. The molecule has 2 N–H and O–H groups in total. The lowest BCUT2D eigenvalue weighted by Gasteiger charge is -2.04. The number of nitrogen functional groups attached to an aromatic ring is 1. The van der Waals surface area contributed by atoms with Gasteiger partial charge in [-0.25, -0.2) is 4.98 Å². The Morgan fingerprint density at radius 1 is 1.10 bits per heavy atom. The number of hydrogen-bond donors (Lipinski definition) is 1. The second-order valence-electron chi connectivity index (χ2n) is 4.43. The number of hydrogen-bond acceptors (Lipinski definition) is 3. The average molecular weight is 329 g/mol. The summed E-state index contributed by atoms with van der Waals surface area (Å²) in [5.41, 5.74) is 6.57. The molecule has 1 aromatic heterocycles. The molecule has 21 heavy (non-hydrogen) atoms. The van der Waals surface area contributed by atoms with Gasteiger partial charge in [-0.15, -0.1) is 11.3 Å². The Hall–Kier alpha value is -1.79. The third-order valence-electron chi connectivity index (χ3n) is 2.96. The minimum Gasteiger partial charge on any atom is -0.398 e. The smallest absolute Gasteiger partial charge is 0.398 e. The molecule has 2 aromatic carbocycles. The lowest BCUT2D eigenvalue weighted by molar-refractivity contribution is -0.137. The first-order valence-corrected chi connectivity index (χ1v) is 7.07. The molecule has 0 aliphatic rings. The van der Waals surface area contributed by atoms with Gasteiger partial charge in [0, 0.05) is 16.3 Å². The zero-order valence-electron chi connectivity index (χ0n) is 10.4. The fourth-order valence-electron chi connectivity index (χ4n) is 1.95. The molecular formula is C14H8ClF3N2S. The van der Waals surface area contributed by atoms with Crippen LogP contribution in [0.5, 0.6) is 0 Å². The number of rotatable bonds is 1. The van der Waals surface area contributed by atoms with Crippen molar-refractivity contribution in [2.24, 2.45) is 0 Å². The standard InChI is InChI=1S/C14H8ClF3N2S/c15-8-2-3-9(10(19)6-8)13-20-11-5-7(14(16,17)18)1-4-12(11)21-13/h1-6H,19H2. The number of halogens is 4. The van der Waals surface area contributed by atoms with Crippen molar-refractivity contribution in [3.63, 3.8) is 0 Å². The van der Waals surface area contributed by atoms with Crippen molar-refractivity contribution in [1.29, 1.82) is 0 Å². The number of nitrogens with zero attached hydrogens (tertiary/aromatic N) is 1. The van der Waals surface area contributed by atoms with E-state index >= 15 is 0 Å². The van der Waals surface area contributed by atoms with Crippen LogP contribution in [0.2, 0.25) is 5.02 Å². The molecule has 0 radical (unpaired) electrons. The molecule has 0 aliphatic carbocycles. The highest BCUT2D eigenvalue weighted by molar-refractivity contribution is 7.21. The summed E-state index contributed by atoms with van der Waals surface area (Å²) < 4.78 is 38.8. The Morgan fingerprint density at radius 3 is 2.52 bits per heavy atom. The van der Waals surface area contributed by atoms with Crippen molar-refractivity contribution in [2.75, 3.05) is 5.73 Å². The molecule has 0 atom stereocenters. The molecular weight excluding hydrogens is 321 g/mol. The van der Waals surface area contributed by atoms with Crippen LogP contribution >= 0.6 is 22.9 Å². The van der Waals surface area contributed by atoms with Gasteiger partial charge in [0.2, 0.25) is 0 Å². The third kappa shape index (κ3) is 2.69. The molecule has 0 saturated carbocycles. The SMILES string of the molecule is Nc1cc(Cl)ccc1-c1nc2cc(C(F)(F)F)ccc2s1. The number of alkyl halides is 3. The highest BCUT2D eigenvalue weighted by atomic mass is 35.5. The van der Waals surface area contributed by atoms with Gasteiger partial charge in [0.05, 0.1) is 15.8 Å². The van der Waals surface area contributed by atoms with Crippen LogP contribution in [0.1, 0.15) is 5.56 Å². The number of thiazole rings is 1. The Bertz CT molecular complexity index is 827. The van der Waals surface area contributed by atoms with Crippen LogP contribution in [0, 0.1) is 0 Å². The molecule has 0 bridgehead atoms. The first kappa shape index (κ1) is 14.2. The molecule has 0 fully saturated rings. The topological polar surface area (TPSA) is 38.9 Å². The lowest BCUT2D eigenvalue weighted by Crippen LogP contribution is -2.03. The molecule has 0 aliphatic heterocycles. The van der Waals surface area contributed by atoms with Crippen LogP contribution < -0.4 is 5.73 Å². The Morgan fingerprint density at radius 2 is 1.86 bits per heavy atom. The van der Waals surface area contributed by atoms with Gasteiger partial charge >= 0.3 is 6.18 Å². The fraction of sp³-hybridized carbons (Fsp3) is 0.0714. The van der Waals surface area contributed by atoms with Gasteiger partial charge in [0.15, 0.2) is 0 Å². The highest BCUT2D eigenvalue weighted by Gasteiger charge is 2.30. The molecule has 108 valence electrons. The number of nitrogens with two attached hydrogens (primary N) is 1. The minimum atomic E-state index is -4.38. The second-order valence-corrected chi connectivity index (χ2v) is 5.90. The van der Waals surface area contributed by atoms with E-state index in [0.717, 1.165) is 12.1 Å². The van der Waals surface area contributed by atoms with Gasteiger partial charge in [-0.1, -0.05) is 11.6 Å². The van der Waals surface area contributed by atoms with Gasteiger partial charge in [0.1, 0.15) is 5.01 Å². The van der Waals surface area contributed by atoms with Gasteiger partial charge in [0.25, 0.3) is 0 Å². The predicted octanol–water partition coefficient (Wildman–Crippen LogP) is 5.22. The zero-order valence-corrected chi connectivity index (χ0v) is 12.0. The van der Waals surface area contributed by atoms with Crippen LogP contribution in [0.25, 0.3) is 20.8 Å². The van der Waals surface area contributed by atoms with Crippen LogP contribution in [-0.4, -0.2) is 4.98 Å². The molecule has 3 rings (SSSR count). The summed E-state index contributed by atoms with van der Waals surface area (Å²) in [7, 11) is 0. The number of aromatic nitrogens is 1. The zero-order chi connectivity index (χ0) is 15.2. The summed E-state index contributed by atoms with van der Waals surface area (Å²) in [5.74, 6) is 0. The van der Waals surface area contributed by atoms with E-state index in [0.29, 0.717) is 31.5 Å². The maximum Gasteiger partial charge on any atom is 0.416 e. The van der Waals surface area contributed by atoms with E-state index in [4.69, 9.17) is 17.3 Å². The summed E-state index contributed by atoms with van der Waals surface area (Å²) in [5, 5.41) is 1.07. The van der Waals surface area contributed by atoms with E-state index in [1.807, 2.05) is 0 Å². The van der Waals surface area contributed by atoms with Gasteiger partial charge < -0.3 is 5.73 Å².